The fourth-order valence-electron chi connectivity index (χ4n) is 5.62. The number of aromatic nitrogens is 2. The van der Waals surface area contributed by atoms with Gasteiger partial charge in [0.2, 0.25) is 12.1 Å². The van der Waals surface area contributed by atoms with Gasteiger partial charge in [-0.25, -0.2) is 14.8 Å². The Hall–Kier alpha value is -2.01. The molecular weight excluding hydrogens is 420 g/mol. The van der Waals surface area contributed by atoms with E-state index in [4.69, 9.17) is 29.1 Å². The van der Waals surface area contributed by atoms with Crippen molar-refractivity contribution in [3.8, 4) is 0 Å². The quantitative estimate of drug-likeness (QED) is 0.523. The van der Waals surface area contributed by atoms with Gasteiger partial charge in [0.25, 0.3) is 0 Å². The maximum atomic E-state index is 12.1. The van der Waals surface area contributed by atoms with E-state index in [1.54, 1.807) is 18.7 Å². The van der Waals surface area contributed by atoms with E-state index in [0.29, 0.717) is 12.3 Å². The predicted octanol–water partition coefficient (Wildman–Crippen LogP) is 3.01. The van der Waals surface area contributed by atoms with E-state index >= 15 is 0 Å². The molecule has 0 radical (unpaired) electrons. The van der Waals surface area contributed by atoms with Crippen molar-refractivity contribution in [1.29, 1.82) is 0 Å². The lowest BCUT2D eigenvalue weighted by atomic mass is 9.58. The third kappa shape index (κ3) is 4.28. The van der Waals surface area contributed by atoms with Crippen LogP contribution in [0.25, 0.3) is 0 Å². The highest BCUT2D eigenvalue weighted by molar-refractivity contribution is 5.76. The number of aliphatic carboxylic acids is 1. The van der Waals surface area contributed by atoms with Crippen molar-refractivity contribution in [3.63, 3.8) is 0 Å². The topological polar surface area (TPSA) is 129 Å². The molecule has 2 N–H and O–H groups in total. The summed E-state index contributed by atoms with van der Waals surface area (Å²) in [5, 5.41) is 8.76. The summed E-state index contributed by atoms with van der Waals surface area (Å²) in [4.78, 5) is 40.9. The molecule has 1 aliphatic carbocycles. The fraction of sp³-hybridized carbons (Fsp3) is 0.773. The molecule has 4 saturated heterocycles. The van der Waals surface area contributed by atoms with E-state index in [1.807, 2.05) is 13.8 Å². The molecule has 1 aromatic rings. The van der Waals surface area contributed by atoms with Crippen LogP contribution in [0.5, 0.6) is 0 Å². The number of hydrogen-bond donors (Lipinski definition) is 2. The summed E-state index contributed by atoms with van der Waals surface area (Å²) in [6, 6.07) is 0. The second-order valence-corrected chi connectivity index (χ2v) is 9.42. The molecule has 5 fully saturated rings. The van der Waals surface area contributed by atoms with Crippen LogP contribution < -0.4 is 0 Å². The van der Waals surface area contributed by atoms with Crippen LogP contribution in [-0.4, -0.2) is 51.0 Å². The van der Waals surface area contributed by atoms with Gasteiger partial charge >= 0.3 is 11.9 Å². The number of esters is 1. The number of imidazole rings is 1. The van der Waals surface area contributed by atoms with Gasteiger partial charge in [0, 0.05) is 30.7 Å². The summed E-state index contributed by atoms with van der Waals surface area (Å²) in [7, 11) is 0. The van der Waals surface area contributed by atoms with Crippen molar-refractivity contribution < 1.29 is 38.7 Å². The molecule has 1 spiro atoms. The Kier molecular flexibility index (Phi) is 6.58. The average Bonchev–Trinajstić information content (AvgIpc) is 3.26. The summed E-state index contributed by atoms with van der Waals surface area (Å²) in [6.45, 7) is 6.06. The lowest BCUT2D eigenvalue weighted by Crippen LogP contribution is -2.70. The van der Waals surface area contributed by atoms with Gasteiger partial charge in [-0.15, -0.1) is 0 Å². The van der Waals surface area contributed by atoms with Crippen LogP contribution in [0.3, 0.4) is 0 Å². The van der Waals surface area contributed by atoms with E-state index in [1.165, 1.54) is 0 Å². The monoisotopic (exact) mass is 452 g/mol. The first-order chi connectivity index (χ1) is 15.2. The van der Waals surface area contributed by atoms with E-state index < -0.39 is 35.9 Å². The zero-order valence-electron chi connectivity index (χ0n) is 18.7. The molecule has 1 aromatic heterocycles. The summed E-state index contributed by atoms with van der Waals surface area (Å²) in [5.41, 5.74) is -0.697. The van der Waals surface area contributed by atoms with Crippen LogP contribution in [0, 0.1) is 23.7 Å². The maximum Gasteiger partial charge on any atom is 0.308 e. The van der Waals surface area contributed by atoms with Crippen LogP contribution in [0.1, 0.15) is 59.3 Å². The summed E-state index contributed by atoms with van der Waals surface area (Å²) >= 11 is 0. The Labute approximate surface area is 186 Å². The summed E-state index contributed by atoms with van der Waals surface area (Å²) < 4.78 is 17.8. The van der Waals surface area contributed by atoms with Gasteiger partial charge < -0.3 is 24.3 Å². The van der Waals surface area contributed by atoms with Crippen molar-refractivity contribution in [2.45, 2.75) is 83.3 Å². The van der Waals surface area contributed by atoms with Gasteiger partial charge in [0.05, 0.1) is 19.2 Å². The van der Waals surface area contributed by atoms with Crippen LogP contribution in [0.15, 0.2) is 18.7 Å². The van der Waals surface area contributed by atoms with Crippen molar-refractivity contribution in [2.75, 3.05) is 0 Å². The van der Waals surface area contributed by atoms with Crippen LogP contribution in [0.4, 0.5) is 0 Å². The van der Waals surface area contributed by atoms with Gasteiger partial charge in [0.15, 0.2) is 11.9 Å². The van der Waals surface area contributed by atoms with E-state index in [-0.39, 0.29) is 30.6 Å². The van der Waals surface area contributed by atoms with Gasteiger partial charge in [-0.3, -0.25) is 9.59 Å². The fourth-order valence-corrected chi connectivity index (χ4v) is 5.62. The summed E-state index contributed by atoms with van der Waals surface area (Å²) in [5.74, 6) is -1.82. The number of H-pyrrole nitrogens is 1. The highest BCUT2D eigenvalue weighted by atomic mass is 17.3. The average molecular weight is 453 g/mol. The molecule has 10 nitrogen and oxygen atoms in total. The number of carboxylic acid groups (broad SMARTS) is 1. The van der Waals surface area contributed by atoms with Crippen molar-refractivity contribution >= 4 is 11.9 Å². The Balaban J connectivity index is 0.000000433. The molecule has 2 bridgehead atoms. The van der Waals surface area contributed by atoms with Crippen LogP contribution >= 0.6 is 0 Å². The molecule has 5 heterocycles. The second-order valence-electron chi connectivity index (χ2n) is 9.42. The lowest BCUT2D eigenvalue weighted by molar-refractivity contribution is -0.576. The number of rotatable bonds is 4. The van der Waals surface area contributed by atoms with Crippen LogP contribution in [0.2, 0.25) is 0 Å². The number of carbonyl (C=O) groups is 2. The molecule has 0 aromatic carbocycles. The number of nitrogens with zero attached hydrogens (tertiary/aromatic N) is 1. The molecule has 10 heteroatoms. The molecule has 0 amide bonds. The molecule has 8 atom stereocenters. The highest BCUT2D eigenvalue weighted by Gasteiger charge is 2.69. The van der Waals surface area contributed by atoms with Gasteiger partial charge in [-0.05, 0) is 38.0 Å². The minimum absolute atomic E-state index is 0.0670. The van der Waals surface area contributed by atoms with E-state index in [2.05, 4.69) is 16.9 Å². The molecule has 1 saturated carbocycles. The Morgan fingerprint density at radius 2 is 2.00 bits per heavy atom. The minimum Gasteiger partial charge on any atom is -0.481 e. The van der Waals surface area contributed by atoms with Crippen LogP contribution in [-0.2, 0) is 33.6 Å². The number of carbonyl (C=O) groups excluding carboxylic acids is 1. The van der Waals surface area contributed by atoms with Crippen molar-refractivity contribution in [2.24, 2.45) is 23.7 Å². The lowest BCUT2D eigenvalue weighted by Gasteiger charge is -2.59. The van der Waals surface area contributed by atoms with Gasteiger partial charge in [0.1, 0.15) is 0 Å². The number of fused-ring (bicyclic) bond motifs is 2. The number of nitrogens with one attached hydrogen (secondary N) is 1. The van der Waals surface area contributed by atoms with Crippen molar-refractivity contribution in [1.82, 2.24) is 9.97 Å². The van der Waals surface area contributed by atoms with Crippen molar-refractivity contribution in [3.05, 3.63) is 18.7 Å². The number of hydrogen-bond acceptors (Lipinski definition) is 8. The number of aromatic amines is 1. The Morgan fingerprint density at radius 3 is 2.66 bits per heavy atom. The molecule has 4 aliphatic heterocycles. The first-order valence-electron chi connectivity index (χ1n) is 11.3. The largest absolute Gasteiger partial charge is 0.481 e. The van der Waals surface area contributed by atoms with Gasteiger partial charge in [-0.1, -0.05) is 13.8 Å². The summed E-state index contributed by atoms with van der Waals surface area (Å²) in [6.07, 6.45) is 6.80. The third-order valence-electron chi connectivity index (χ3n) is 7.29. The number of ether oxygens (including phenoxy) is 3. The number of carboxylic acids is 1. The van der Waals surface area contributed by atoms with E-state index in [9.17, 15) is 9.59 Å². The molecule has 0 unspecified atom stereocenters. The van der Waals surface area contributed by atoms with Gasteiger partial charge in [-0.2, -0.15) is 0 Å². The zero-order chi connectivity index (χ0) is 22.9. The third-order valence-corrected chi connectivity index (χ3v) is 7.29. The molecule has 5 aliphatic rings. The SMILES string of the molecule is C[C@H]1[C@@H](OC(=O)CCC(=O)O)O[C@@H]2O[C@@]3(C)CC[C@H]4[C@H](C)CC[C@@H]1[C@@]24OO3.c1c[nH]cn1. The maximum absolute atomic E-state index is 12.1. The second kappa shape index (κ2) is 9.09. The smallest absolute Gasteiger partial charge is 0.308 e. The standard InChI is InChI=1S/C19H28O8.C3H4N2/c1-10-4-5-13-11(2)16(23-15(22)7-6-14(20)21)24-17-19(13)12(10)8-9-18(3,25-17)26-27-19;1-2-5-3-4-1/h10-13,16-17H,4-9H2,1-3H3,(H,20,21);1-3H,(H,4,5)/t10-,11-,12+,13+,16+,17-,18-,19-;/m1./s1. The first-order valence-corrected chi connectivity index (χ1v) is 11.3. The first kappa shape index (κ1) is 23.2. The zero-order valence-corrected chi connectivity index (χ0v) is 18.7. The minimum atomic E-state index is -1.03. The molecule has 32 heavy (non-hydrogen) atoms. The Morgan fingerprint density at radius 1 is 1.19 bits per heavy atom. The highest BCUT2D eigenvalue weighted by Crippen LogP contribution is 2.60. The Bertz CT molecular complexity index is 787. The molecule has 178 valence electrons. The van der Waals surface area contributed by atoms with E-state index in [0.717, 1.165) is 19.3 Å². The predicted molar refractivity (Wildman–Crippen MR) is 108 cm³/mol. The molecule has 6 rings (SSSR count). The normalized spacial score (nSPS) is 42.1. The molecular formula is C22H32N2O8.